The van der Waals surface area contributed by atoms with Crippen molar-refractivity contribution >= 4 is 21.6 Å². The van der Waals surface area contributed by atoms with Crippen LogP contribution >= 0.6 is 0 Å². The molecule has 0 aromatic heterocycles. The number of para-hydroxylation sites is 1. The highest BCUT2D eigenvalue weighted by Gasteiger charge is 2.14. The number of rotatable bonds is 14. The largest absolute Gasteiger partial charge is 0.506 e. The summed E-state index contributed by atoms with van der Waals surface area (Å²) in [5, 5.41) is 26.7. The Morgan fingerprint density at radius 2 is 1.72 bits per heavy atom. The summed E-state index contributed by atoms with van der Waals surface area (Å²) >= 11 is 0. The summed E-state index contributed by atoms with van der Waals surface area (Å²) in [6.45, 7) is 5.14. The van der Waals surface area contributed by atoms with E-state index < -0.39 is 16.1 Å². The van der Waals surface area contributed by atoms with Gasteiger partial charge in [0.1, 0.15) is 11.5 Å². The fourth-order valence-electron chi connectivity index (χ4n) is 4.08. The van der Waals surface area contributed by atoms with Crippen molar-refractivity contribution in [2.24, 2.45) is 0 Å². The van der Waals surface area contributed by atoms with Gasteiger partial charge in [-0.2, -0.15) is 0 Å². The van der Waals surface area contributed by atoms with Crippen LogP contribution in [0.2, 0.25) is 0 Å². The van der Waals surface area contributed by atoms with Crippen molar-refractivity contribution in [1.29, 1.82) is 0 Å². The molecule has 0 aliphatic rings. The maximum absolute atomic E-state index is 12.5. The van der Waals surface area contributed by atoms with E-state index in [1.54, 1.807) is 6.07 Å². The highest BCUT2D eigenvalue weighted by Crippen LogP contribution is 2.27. The number of phenolic OH excluding ortho intramolecular Hbond substituents is 1. The Morgan fingerprint density at radius 3 is 2.41 bits per heavy atom. The Hall–Kier alpha value is -3.60. The number of carbonyl (C=O) groups excluding carboxylic acids is 1. The predicted octanol–water partition coefficient (Wildman–Crippen LogP) is 3.28. The van der Waals surface area contributed by atoms with Crippen LogP contribution in [0.3, 0.4) is 0 Å². The van der Waals surface area contributed by atoms with Gasteiger partial charge in [-0.25, -0.2) is 8.42 Å². The monoisotopic (exact) mass is 555 g/mol. The standard InChI is InChI=1S/C29H37N3O6S/c1-4-38-28-8-6-5-7-24(28)18-31-29(35)16-22-11-9-21(10-12-22)15-20(2)30-19-27(34)23-13-14-26(33)25(17-23)32-39(3,36)37/h5-14,17,20,27,30,32-34H,4,15-16,18-19H2,1-3H3,(H,31,35)/t20-,27+/m1/s1. The number of ether oxygens (including phenoxy) is 1. The van der Waals surface area contributed by atoms with Crippen LogP contribution in [-0.4, -0.2) is 50.0 Å². The topological polar surface area (TPSA) is 137 Å². The number of carbonyl (C=O) groups is 1. The highest BCUT2D eigenvalue weighted by atomic mass is 32.2. The Balaban J connectivity index is 1.46. The number of anilines is 1. The minimum Gasteiger partial charge on any atom is -0.506 e. The molecule has 0 aliphatic heterocycles. The predicted molar refractivity (Wildman–Crippen MR) is 152 cm³/mol. The molecule has 2 atom stereocenters. The number of hydrogen-bond acceptors (Lipinski definition) is 7. The first-order valence-corrected chi connectivity index (χ1v) is 14.7. The third kappa shape index (κ3) is 9.90. The first-order valence-electron chi connectivity index (χ1n) is 12.8. The van der Waals surface area contributed by atoms with Gasteiger partial charge in [-0.15, -0.1) is 0 Å². The molecule has 5 N–H and O–H groups in total. The Bertz CT molecular complexity index is 1350. The van der Waals surface area contributed by atoms with Crippen molar-refractivity contribution in [1.82, 2.24) is 10.6 Å². The van der Waals surface area contributed by atoms with Crippen molar-refractivity contribution in [2.75, 3.05) is 24.1 Å². The molecular weight excluding hydrogens is 518 g/mol. The molecule has 9 nitrogen and oxygen atoms in total. The maximum atomic E-state index is 12.5. The normalized spacial score (nSPS) is 12.9. The Kier molecular flexibility index (Phi) is 10.7. The zero-order chi connectivity index (χ0) is 28.4. The second-order valence-corrected chi connectivity index (χ2v) is 11.2. The smallest absolute Gasteiger partial charge is 0.229 e. The van der Waals surface area contributed by atoms with Crippen LogP contribution in [0.25, 0.3) is 0 Å². The van der Waals surface area contributed by atoms with E-state index in [0.717, 1.165) is 28.7 Å². The molecule has 0 radical (unpaired) electrons. The van der Waals surface area contributed by atoms with Crippen molar-refractivity contribution in [3.8, 4) is 11.5 Å². The van der Waals surface area contributed by atoms with Crippen molar-refractivity contribution in [3.63, 3.8) is 0 Å². The maximum Gasteiger partial charge on any atom is 0.229 e. The van der Waals surface area contributed by atoms with Crippen LogP contribution in [-0.2, 0) is 34.2 Å². The summed E-state index contributed by atoms with van der Waals surface area (Å²) in [6, 6.07) is 19.9. The molecule has 3 rings (SSSR count). The fraction of sp³-hybridized carbons (Fsp3) is 0.345. The number of aliphatic hydroxyl groups excluding tert-OH is 1. The van der Waals surface area contributed by atoms with E-state index in [2.05, 4.69) is 15.4 Å². The van der Waals surface area contributed by atoms with E-state index >= 15 is 0 Å². The molecule has 10 heteroatoms. The van der Waals surface area contributed by atoms with E-state index in [0.29, 0.717) is 25.1 Å². The summed E-state index contributed by atoms with van der Waals surface area (Å²) in [5.74, 6) is 0.490. The molecular formula is C29H37N3O6S. The molecule has 0 spiro atoms. The molecule has 39 heavy (non-hydrogen) atoms. The van der Waals surface area contributed by atoms with E-state index in [1.807, 2.05) is 62.4 Å². The number of aliphatic hydroxyl groups is 1. The second-order valence-electron chi connectivity index (χ2n) is 9.49. The lowest BCUT2D eigenvalue weighted by Crippen LogP contribution is -2.32. The quantitative estimate of drug-likeness (QED) is 0.193. The number of sulfonamides is 1. The van der Waals surface area contributed by atoms with E-state index in [4.69, 9.17) is 4.74 Å². The first kappa shape index (κ1) is 29.9. The minimum absolute atomic E-state index is 0.0196. The SMILES string of the molecule is CCOc1ccccc1CNC(=O)Cc1ccc(C[C@@H](C)NC[C@H](O)c2ccc(O)c(NS(C)(=O)=O)c2)cc1. The average molecular weight is 556 g/mol. The molecule has 0 aliphatic carbocycles. The summed E-state index contributed by atoms with van der Waals surface area (Å²) in [6.07, 6.45) is 1.09. The van der Waals surface area contributed by atoms with Gasteiger partial charge in [0.2, 0.25) is 15.9 Å². The number of amides is 1. The van der Waals surface area contributed by atoms with Gasteiger partial charge in [-0.3, -0.25) is 9.52 Å². The van der Waals surface area contributed by atoms with E-state index in [1.165, 1.54) is 12.1 Å². The Morgan fingerprint density at radius 1 is 1.03 bits per heavy atom. The number of aromatic hydroxyl groups is 1. The lowest BCUT2D eigenvalue weighted by molar-refractivity contribution is -0.120. The van der Waals surface area contributed by atoms with Gasteiger partial charge in [-0.05, 0) is 55.2 Å². The van der Waals surface area contributed by atoms with E-state index in [-0.39, 0.29) is 36.4 Å². The van der Waals surface area contributed by atoms with Gasteiger partial charge in [-0.1, -0.05) is 48.5 Å². The highest BCUT2D eigenvalue weighted by molar-refractivity contribution is 7.92. The zero-order valence-electron chi connectivity index (χ0n) is 22.5. The number of nitrogens with one attached hydrogen (secondary N) is 3. The zero-order valence-corrected chi connectivity index (χ0v) is 23.3. The average Bonchev–Trinajstić information content (AvgIpc) is 2.88. The van der Waals surface area contributed by atoms with Crippen LogP contribution in [0.5, 0.6) is 11.5 Å². The van der Waals surface area contributed by atoms with Gasteiger partial charge < -0.3 is 25.6 Å². The van der Waals surface area contributed by atoms with Gasteiger partial charge in [0.25, 0.3) is 0 Å². The minimum atomic E-state index is -3.56. The van der Waals surface area contributed by atoms with Crippen LogP contribution in [0.15, 0.2) is 66.7 Å². The number of phenols is 1. The number of benzene rings is 3. The van der Waals surface area contributed by atoms with Crippen molar-refractivity contribution < 1.29 is 28.2 Å². The molecule has 0 saturated heterocycles. The molecule has 1 amide bonds. The summed E-state index contributed by atoms with van der Waals surface area (Å²) in [5.41, 5.74) is 3.43. The Labute approximate surface area is 230 Å². The molecule has 0 bridgehead atoms. The molecule has 210 valence electrons. The lowest BCUT2D eigenvalue weighted by atomic mass is 10.0. The second kappa shape index (κ2) is 14.0. The number of hydrogen-bond donors (Lipinski definition) is 5. The van der Waals surface area contributed by atoms with Crippen LogP contribution < -0.4 is 20.1 Å². The van der Waals surface area contributed by atoms with Crippen molar-refractivity contribution in [3.05, 3.63) is 89.0 Å². The molecule has 0 unspecified atom stereocenters. The third-order valence-electron chi connectivity index (χ3n) is 6.04. The summed E-state index contributed by atoms with van der Waals surface area (Å²) < 4.78 is 30.8. The van der Waals surface area contributed by atoms with Crippen LogP contribution in [0, 0.1) is 0 Å². The fourth-order valence-corrected chi connectivity index (χ4v) is 4.64. The molecule has 0 fully saturated rings. The van der Waals surface area contributed by atoms with Gasteiger partial charge >= 0.3 is 0 Å². The molecule has 0 heterocycles. The van der Waals surface area contributed by atoms with Crippen LogP contribution in [0.4, 0.5) is 5.69 Å². The lowest BCUT2D eigenvalue weighted by Gasteiger charge is -2.18. The van der Waals surface area contributed by atoms with Crippen LogP contribution in [0.1, 0.15) is 42.2 Å². The summed E-state index contributed by atoms with van der Waals surface area (Å²) in [7, 11) is -3.56. The van der Waals surface area contributed by atoms with E-state index in [9.17, 15) is 23.4 Å². The van der Waals surface area contributed by atoms with Gasteiger partial charge in [0.15, 0.2) is 0 Å². The molecule has 3 aromatic carbocycles. The van der Waals surface area contributed by atoms with Gasteiger partial charge in [0.05, 0.1) is 31.1 Å². The molecule has 3 aromatic rings. The summed E-state index contributed by atoms with van der Waals surface area (Å²) in [4.78, 5) is 12.5. The third-order valence-corrected chi connectivity index (χ3v) is 6.63. The van der Waals surface area contributed by atoms with Gasteiger partial charge in [0, 0.05) is 24.7 Å². The van der Waals surface area contributed by atoms with Crippen molar-refractivity contribution in [2.45, 2.75) is 45.4 Å². The molecule has 0 saturated carbocycles. The first-order chi connectivity index (χ1) is 18.5.